The van der Waals surface area contributed by atoms with Gasteiger partial charge in [-0.2, -0.15) is 0 Å². The van der Waals surface area contributed by atoms with E-state index in [0.29, 0.717) is 0 Å². The van der Waals surface area contributed by atoms with Crippen molar-refractivity contribution in [3.05, 3.63) is 78.2 Å². The average molecular weight is 456 g/mol. The second-order valence-corrected chi connectivity index (χ2v) is 8.39. The molecule has 1 saturated heterocycles. The molecule has 6 nitrogen and oxygen atoms in total. The predicted octanol–water partition coefficient (Wildman–Crippen LogP) is 4.94. The summed E-state index contributed by atoms with van der Waals surface area (Å²) in [5.41, 5.74) is 4.42. The van der Waals surface area contributed by atoms with Gasteiger partial charge in [-0.1, -0.05) is 18.2 Å². The number of hydrogen-bond donors (Lipinski definition) is 0. The number of anilines is 1. The number of fused-ring (bicyclic) bond motifs is 1. The van der Waals surface area contributed by atoms with Crippen molar-refractivity contribution in [3.8, 4) is 22.8 Å². The van der Waals surface area contributed by atoms with Crippen LogP contribution >= 0.6 is 0 Å². The number of nitrogens with zero attached hydrogens (tertiary/aromatic N) is 3. The fraction of sp³-hybridized carbons (Fsp3) is 0.286. The number of morpholine rings is 1. The molecule has 34 heavy (non-hydrogen) atoms. The molecule has 0 amide bonds. The third-order valence-corrected chi connectivity index (χ3v) is 6.26. The van der Waals surface area contributed by atoms with Gasteiger partial charge in [0.25, 0.3) is 0 Å². The number of hydrogen-bond acceptors (Lipinski definition) is 6. The van der Waals surface area contributed by atoms with E-state index in [1.807, 2.05) is 30.5 Å². The fourth-order valence-electron chi connectivity index (χ4n) is 4.42. The minimum Gasteiger partial charge on any atom is -0.497 e. The monoisotopic (exact) mass is 455 g/mol. The van der Waals surface area contributed by atoms with Crippen LogP contribution in [0.25, 0.3) is 22.0 Å². The topological polar surface area (TPSA) is 56.7 Å². The highest BCUT2D eigenvalue weighted by Gasteiger charge is 2.17. The van der Waals surface area contributed by atoms with Crippen molar-refractivity contribution in [1.82, 2.24) is 9.97 Å². The van der Waals surface area contributed by atoms with Crippen LogP contribution < -0.4 is 14.4 Å². The molecule has 0 aliphatic carbocycles. The molecule has 1 aliphatic rings. The van der Waals surface area contributed by atoms with Gasteiger partial charge in [0.2, 0.25) is 0 Å². The zero-order valence-corrected chi connectivity index (χ0v) is 19.7. The molecule has 6 heteroatoms. The minimum atomic E-state index is 0.734. The van der Waals surface area contributed by atoms with E-state index < -0.39 is 0 Å². The largest absolute Gasteiger partial charge is 0.497 e. The van der Waals surface area contributed by atoms with E-state index in [4.69, 9.17) is 19.2 Å². The van der Waals surface area contributed by atoms with Gasteiger partial charge in [-0.3, -0.25) is 0 Å². The van der Waals surface area contributed by atoms with Crippen molar-refractivity contribution in [3.63, 3.8) is 0 Å². The maximum atomic E-state index is 5.59. The van der Waals surface area contributed by atoms with Crippen LogP contribution in [-0.2, 0) is 17.6 Å². The molecule has 1 aliphatic heterocycles. The van der Waals surface area contributed by atoms with Crippen molar-refractivity contribution in [1.29, 1.82) is 0 Å². The first-order valence-electron chi connectivity index (χ1n) is 11.6. The van der Waals surface area contributed by atoms with Crippen molar-refractivity contribution in [2.75, 3.05) is 45.4 Å². The van der Waals surface area contributed by atoms with Gasteiger partial charge in [-0.05, 0) is 59.8 Å². The lowest BCUT2D eigenvalue weighted by molar-refractivity contribution is 0.123. The van der Waals surface area contributed by atoms with Crippen LogP contribution in [0.4, 0.5) is 5.69 Å². The number of benzene rings is 3. The lowest BCUT2D eigenvalue weighted by atomic mass is 10.0. The van der Waals surface area contributed by atoms with E-state index in [9.17, 15) is 0 Å². The van der Waals surface area contributed by atoms with Crippen molar-refractivity contribution in [2.45, 2.75) is 12.8 Å². The summed E-state index contributed by atoms with van der Waals surface area (Å²) in [5.74, 6) is 2.57. The zero-order valence-electron chi connectivity index (χ0n) is 19.7. The predicted molar refractivity (Wildman–Crippen MR) is 135 cm³/mol. The first-order chi connectivity index (χ1) is 16.7. The Morgan fingerprint density at radius 2 is 1.71 bits per heavy atom. The Hall–Kier alpha value is -3.64. The molecule has 0 radical (unpaired) electrons. The Bertz CT molecular complexity index is 1290. The summed E-state index contributed by atoms with van der Waals surface area (Å²) in [7, 11) is 3.40. The van der Waals surface area contributed by atoms with Gasteiger partial charge in [0, 0.05) is 42.3 Å². The fourth-order valence-corrected chi connectivity index (χ4v) is 4.42. The van der Waals surface area contributed by atoms with Crippen molar-refractivity contribution in [2.24, 2.45) is 0 Å². The molecule has 0 unspecified atom stereocenters. The molecule has 5 rings (SSSR count). The molecular formula is C28H29N3O3. The zero-order chi connectivity index (χ0) is 23.3. The third-order valence-electron chi connectivity index (χ3n) is 6.26. The molecule has 174 valence electrons. The smallest absolute Gasteiger partial charge is 0.129 e. The van der Waals surface area contributed by atoms with Crippen molar-refractivity contribution < 1.29 is 14.2 Å². The molecule has 0 spiro atoms. The maximum absolute atomic E-state index is 5.59. The summed E-state index contributed by atoms with van der Waals surface area (Å²) in [6.45, 7) is 3.20. The number of aryl methyl sites for hydroxylation is 2. The highest BCUT2D eigenvalue weighted by Crippen LogP contribution is 2.35. The summed E-state index contributed by atoms with van der Waals surface area (Å²) in [6.07, 6.45) is 3.48. The molecule has 3 aromatic carbocycles. The Kier molecular flexibility index (Phi) is 6.58. The van der Waals surface area contributed by atoms with Gasteiger partial charge in [-0.25, -0.2) is 9.97 Å². The van der Waals surface area contributed by atoms with Crippen LogP contribution in [0.1, 0.15) is 11.4 Å². The molecule has 0 saturated carbocycles. The number of aromatic nitrogens is 2. The highest BCUT2D eigenvalue weighted by molar-refractivity contribution is 5.98. The average Bonchev–Trinajstić information content (AvgIpc) is 2.91. The lowest BCUT2D eigenvalue weighted by Gasteiger charge is -2.30. The molecule has 2 heterocycles. The summed E-state index contributed by atoms with van der Waals surface area (Å²) < 4.78 is 16.4. The van der Waals surface area contributed by atoms with Gasteiger partial charge >= 0.3 is 0 Å². The second kappa shape index (κ2) is 10.1. The Labute approximate surface area is 200 Å². The summed E-state index contributed by atoms with van der Waals surface area (Å²) in [4.78, 5) is 11.8. The van der Waals surface area contributed by atoms with Gasteiger partial charge in [-0.15, -0.1) is 0 Å². The van der Waals surface area contributed by atoms with Crippen LogP contribution in [0.5, 0.6) is 11.5 Å². The third kappa shape index (κ3) is 4.82. The van der Waals surface area contributed by atoms with Crippen LogP contribution in [0, 0.1) is 0 Å². The van der Waals surface area contributed by atoms with E-state index >= 15 is 0 Å². The highest BCUT2D eigenvalue weighted by atomic mass is 16.5. The first kappa shape index (κ1) is 22.2. The summed E-state index contributed by atoms with van der Waals surface area (Å²) in [6, 6.07) is 20.8. The Morgan fingerprint density at radius 1 is 0.882 bits per heavy atom. The molecular weight excluding hydrogens is 426 g/mol. The SMILES string of the molecule is COc1cccc(CCc2nccc(-c3cc(N4CCOCC4)c4cc(OC)ccc4c3)n2)c1. The summed E-state index contributed by atoms with van der Waals surface area (Å²) >= 11 is 0. The van der Waals surface area contributed by atoms with Crippen molar-refractivity contribution >= 4 is 16.5 Å². The number of ether oxygens (including phenoxy) is 3. The number of rotatable bonds is 7. The Balaban J connectivity index is 1.47. The first-order valence-corrected chi connectivity index (χ1v) is 11.6. The maximum Gasteiger partial charge on any atom is 0.129 e. The quantitative estimate of drug-likeness (QED) is 0.394. The van der Waals surface area contributed by atoms with E-state index in [1.54, 1.807) is 14.2 Å². The van der Waals surface area contributed by atoms with Crippen LogP contribution in [0.3, 0.4) is 0 Å². The van der Waals surface area contributed by atoms with Gasteiger partial charge in [0.1, 0.15) is 17.3 Å². The lowest BCUT2D eigenvalue weighted by Crippen LogP contribution is -2.36. The van der Waals surface area contributed by atoms with E-state index in [0.717, 1.165) is 73.1 Å². The van der Waals surface area contributed by atoms with E-state index in [2.05, 4.69) is 46.3 Å². The van der Waals surface area contributed by atoms with Gasteiger partial charge < -0.3 is 19.1 Å². The van der Waals surface area contributed by atoms with Gasteiger partial charge in [0.15, 0.2) is 0 Å². The summed E-state index contributed by atoms with van der Waals surface area (Å²) in [5, 5.41) is 2.34. The Morgan fingerprint density at radius 3 is 2.53 bits per heavy atom. The van der Waals surface area contributed by atoms with Gasteiger partial charge in [0.05, 0.1) is 33.1 Å². The standard InChI is InChI=1S/C28H29N3O3/c1-32-23-5-3-4-20(16-23)6-9-28-29-11-10-26(30-28)22-17-21-7-8-24(33-2)19-25(21)27(18-22)31-12-14-34-15-13-31/h3-5,7-8,10-11,16-19H,6,9,12-15H2,1-2H3. The molecule has 0 atom stereocenters. The molecule has 4 aromatic rings. The van der Waals surface area contributed by atoms with Crippen LogP contribution in [0.2, 0.25) is 0 Å². The molecule has 1 aromatic heterocycles. The number of methoxy groups -OCH3 is 2. The van der Waals surface area contributed by atoms with Crippen LogP contribution in [0.15, 0.2) is 66.9 Å². The second-order valence-electron chi connectivity index (χ2n) is 8.39. The van der Waals surface area contributed by atoms with E-state index in [-0.39, 0.29) is 0 Å². The molecule has 1 fully saturated rings. The van der Waals surface area contributed by atoms with Crippen LogP contribution in [-0.4, -0.2) is 50.5 Å². The molecule has 0 N–H and O–H groups in total. The minimum absolute atomic E-state index is 0.734. The molecule has 0 bridgehead atoms. The normalized spacial score (nSPS) is 13.8. The van der Waals surface area contributed by atoms with E-state index in [1.165, 1.54) is 16.6 Å².